The van der Waals surface area contributed by atoms with Crippen LogP contribution in [0.15, 0.2) is 50.8 Å². The third-order valence-electron chi connectivity index (χ3n) is 4.05. The van der Waals surface area contributed by atoms with Gasteiger partial charge in [-0.2, -0.15) is 5.10 Å². The highest BCUT2D eigenvalue weighted by Gasteiger charge is 2.15. The predicted octanol–water partition coefficient (Wildman–Crippen LogP) is 4.93. The molecular weight excluding hydrogens is 318 g/mol. The fourth-order valence-electron chi connectivity index (χ4n) is 2.99. The van der Waals surface area contributed by atoms with E-state index in [9.17, 15) is 0 Å². The lowest BCUT2D eigenvalue weighted by Crippen LogP contribution is -2.12. The molecule has 4 nitrogen and oxygen atoms in total. The van der Waals surface area contributed by atoms with Gasteiger partial charge in [0.1, 0.15) is 5.52 Å². The molecule has 5 heteroatoms. The molecule has 0 N–H and O–H groups in total. The molecular formula is C19H19N3OS. The molecule has 2 aromatic carbocycles. The largest absolute Gasteiger partial charge is 0.439 e. The summed E-state index contributed by atoms with van der Waals surface area (Å²) >= 11 is 1.74. The van der Waals surface area contributed by atoms with Gasteiger partial charge in [0.05, 0.1) is 11.4 Å². The number of thioether (sulfide) groups is 1. The molecule has 24 heavy (non-hydrogen) atoms. The number of rotatable bonds is 4. The fourth-order valence-corrected chi connectivity index (χ4v) is 3.89. The maximum atomic E-state index is 5.97. The van der Waals surface area contributed by atoms with Crippen LogP contribution in [0.25, 0.3) is 11.1 Å². The zero-order valence-electron chi connectivity index (χ0n) is 13.8. The van der Waals surface area contributed by atoms with Gasteiger partial charge in [0.25, 0.3) is 0 Å². The average molecular weight is 337 g/mol. The van der Waals surface area contributed by atoms with Gasteiger partial charge in [0, 0.05) is 24.1 Å². The van der Waals surface area contributed by atoms with Gasteiger partial charge in [-0.3, -0.25) is 5.01 Å². The van der Waals surface area contributed by atoms with Gasteiger partial charge in [-0.25, -0.2) is 4.98 Å². The van der Waals surface area contributed by atoms with Gasteiger partial charge < -0.3 is 4.42 Å². The lowest BCUT2D eigenvalue weighted by molar-refractivity contribution is 0.554. The first-order valence-electron chi connectivity index (χ1n) is 8.09. The molecule has 0 saturated carbocycles. The minimum Gasteiger partial charge on any atom is -0.439 e. The Balaban J connectivity index is 1.57. The molecule has 4 rings (SSSR count). The van der Waals surface area contributed by atoms with Crippen LogP contribution < -0.4 is 5.01 Å². The summed E-state index contributed by atoms with van der Waals surface area (Å²) in [6.07, 6.45) is 2.97. The van der Waals surface area contributed by atoms with Crippen molar-refractivity contribution in [3.63, 3.8) is 0 Å². The van der Waals surface area contributed by atoms with E-state index in [4.69, 9.17) is 4.42 Å². The molecule has 1 aromatic heterocycles. The van der Waals surface area contributed by atoms with E-state index in [1.54, 1.807) is 11.8 Å². The summed E-state index contributed by atoms with van der Waals surface area (Å²) < 4.78 is 5.97. The number of aryl methyl sites for hydroxylation is 2. The highest BCUT2D eigenvalue weighted by atomic mass is 32.2. The van der Waals surface area contributed by atoms with E-state index >= 15 is 0 Å². The summed E-state index contributed by atoms with van der Waals surface area (Å²) in [4.78, 5) is 5.85. The molecule has 122 valence electrons. The first kappa shape index (κ1) is 15.3. The Morgan fingerprint density at radius 3 is 2.92 bits per heavy atom. The Morgan fingerprint density at radius 1 is 1.21 bits per heavy atom. The van der Waals surface area contributed by atoms with Crippen LogP contribution in [0.2, 0.25) is 0 Å². The molecule has 0 radical (unpaired) electrons. The average Bonchev–Trinajstić information content (AvgIpc) is 3.22. The van der Waals surface area contributed by atoms with Crippen molar-refractivity contribution in [1.82, 2.24) is 4.98 Å². The third kappa shape index (κ3) is 2.91. The number of benzene rings is 2. The van der Waals surface area contributed by atoms with Gasteiger partial charge in [-0.15, -0.1) is 11.8 Å². The smallest absolute Gasteiger partial charge is 0.205 e. The van der Waals surface area contributed by atoms with E-state index in [0.717, 1.165) is 41.2 Å². The number of hydrazone groups is 1. The van der Waals surface area contributed by atoms with Crippen LogP contribution in [-0.4, -0.2) is 17.7 Å². The Labute approximate surface area is 145 Å². The van der Waals surface area contributed by atoms with Crippen LogP contribution in [0.3, 0.4) is 0 Å². The molecule has 0 aliphatic carbocycles. The van der Waals surface area contributed by atoms with Crippen LogP contribution in [0, 0.1) is 13.8 Å². The van der Waals surface area contributed by atoms with Crippen molar-refractivity contribution in [2.24, 2.45) is 5.10 Å². The van der Waals surface area contributed by atoms with Crippen molar-refractivity contribution in [1.29, 1.82) is 0 Å². The molecule has 0 atom stereocenters. The summed E-state index contributed by atoms with van der Waals surface area (Å²) in [5.74, 6) is 1.48. The highest BCUT2D eigenvalue weighted by Crippen LogP contribution is 2.34. The number of hydrogen-bond donors (Lipinski definition) is 0. The zero-order chi connectivity index (χ0) is 16.5. The number of nitrogens with zero attached hydrogens (tertiary/aromatic N) is 3. The number of para-hydroxylation sites is 1. The van der Waals surface area contributed by atoms with Crippen LogP contribution in [0.4, 0.5) is 5.69 Å². The summed E-state index contributed by atoms with van der Waals surface area (Å²) in [7, 11) is 0. The summed E-state index contributed by atoms with van der Waals surface area (Å²) in [6, 6.07) is 12.6. The van der Waals surface area contributed by atoms with Crippen LogP contribution in [-0.2, 0) is 5.75 Å². The molecule has 2 heterocycles. The molecule has 0 amide bonds. The Morgan fingerprint density at radius 2 is 2.08 bits per heavy atom. The van der Waals surface area contributed by atoms with Crippen LogP contribution in [0.5, 0.6) is 0 Å². The fraction of sp³-hybridized carbons (Fsp3) is 0.263. The quantitative estimate of drug-likeness (QED) is 0.633. The van der Waals surface area contributed by atoms with E-state index in [2.05, 4.69) is 65.3 Å². The maximum absolute atomic E-state index is 5.97. The standard InChI is InChI=1S/C19H19N3OS/c1-13-10-14(2)19-15(11-13)21-18(23-19)12-24-17-7-4-3-6-16(17)22-9-5-8-20-22/h3-4,6-8,10-11H,5,9,12H2,1-2H3. The first-order chi connectivity index (χ1) is 11.7. The van der Waals surface area contributed by atoms with Crippen molar-refractivity contribution in [3.8, 4) is 0 Å². The van der Waals surface area contributed by atoms with Crippen molar-refractivity contribution in [2.75, 3.05) is 11.6 Å². The van der Waals surface area contributed by atoms with Crippen molar-refractivity contribution in [2.45, 2.75) is 30.9 Å². The third-order valence-corrected chi connectivity index (χ3v) is 5.10. The second-order valence-electron chi connectivity index (χ2n) is 6.00. The summed E-state index contributed by atoms with van der Waals surface area (Å²) in [5.41, 5.74) is 5.35. The van der Waals surface area contributed by atoms with E-state index < -0.39 is 0 Å². The minimum atomic E-state index is 0.710. The summed E-state index contributed by atoms with van der Waals surface area (Å²) in [5, 5.41) is 6.49. The van der Waals surface area contributed by atoms with Crippen molar-refractivity contribution >= 4 is 34.8 Å². The molecule has 0 unspecified atom stereocenters. The normalized spacial score (nSPS) is 14.0. The van der Waals surface area contributed by atoms with E-state index in [1.165, 1.54) is 10.5 Å². The monoisotopic (exact) mass is 337 g/mol. The Bertz CT molecular complexity index is 916. The maximum Gasteiger partial charge on any atom is 0.205 e. The number of oxazole rings is 1. The number of fused-ring (bicyclic) bond motifs is 1. The van der Waals surface area contributed by atoms with Crippen LogP contribution >= 0.6 is 11.8 Å². The summed E-state index contributed by atoms with van der Waals surface area (Å²) in [6.45, 7) is 5.10. The van der Waals surface area contributed by atoms with Crippen LogP contribution in [0.1, 0.15) is 23.4 Å². The number of aromatic nitrogens is 1. The van der Waals surface area contributed by atoms with Gasteiger partial charge in [0.2, 0.25) is 5.89 Å². The van der Waals surface area contributed by atoms with Gasteiger partial charge in [-0.05, 0) is 43.2 Å². The van der Waals surface area contributed by atoms with Gasteiger partial charge >= 0.3 is 0 Å². The first-order valence-corrected chi connectivity index (χ1v) is 9.08. The molecule has 3 aromatic rings. The van der Waals surface area contributed by atoms with E-state index in [-0.39, 0.29) is 0 Å². The Hall–Kier alpha value is -2.27. The van der Waals surface area contributed by atoms with E-state index in [0.29, 0.717) is 5.75 Å². The number of hydrogen-bond acceptors (Lipinski definition) is 5. The lowest BCUT2D eigenvalue weighted by atomic mass is 10.1. The molecule has 0 spiro atoms. The Kier molecular flexibility index (Phi) is 4.02. The lowest BCUT2D eigenvalue weighted by Gasteiger charge is -2.17. The number of anilines is 1. The van der Waals surface area contributed by atoms with Gasteiger partial charge in [-0.1, -0.05) is 18.2 Å². The minimum absolute atomic E-state index is 0.710. The second kappa shape index (κ2) is 6.32. The molecule has 1 aliphatic heterocycles. The SMILES string of the molecule is Cc1cc(C)c2oc(CSc3ccccc3N3CCC=N3)nc2c1. The predicted molar refractivity (Wildman–Crippen MR) is 99.9 cm³/mol. The zero-order valence-corrected chi connectivity index (χ0v) is 14.6. The van der Waals surface area contributed by atoms with Gasteiger partial charge in [0.15, 0.2) is 5.58 Å². The second-order valence-corrected chi connectivity index (χ2v) is 7.02. The molecule has 1 aliphatic rings. The van der Waals surface area contributed by atoms with Crippen molar-refractivity contribution < 1.29 is 4.42 Å². The van der Waals surface area contributed by atoms with Crippen molar-refractivity contribution in [3.05, 3.63) is 53.4 Å². The molecule has 0 saturated heterocycles. The molecule has 0 fully saturated rings. The molecule has 0 bridgehead atoms. The van der Waals surface area contributed by atoms with E-state index in [1.807, 2.05) is 6.21 Å². The highest BCUT2D eigenvalue weighted by molar-refractivity contribution is 7.98. The topological polar surface area (TPSA) is 41.6 Å².